The van der Waals surface area contributed by atoms with Crippen molar-refractivity contribution >= 4 is 11.6 Å². The van der Waals surface area contributed by atoms with Crippen molar-refractivity contribution in [3.63, 3.8) is 0 Å². The molecule has 0 radical (unpaired) electrons. The van der Waals surface area contributed by atoms with Crippen LogP contribution in [-0.4, -0.2) is 16.6 Å². The van der Waals surface area contributed by atoms with Gasteiger partial charge in [0, 0.05) is 5.56 Å². The minimum Gasteiger partial charge on any atom is -0.493 e. The molecular formula is C14H10ClF3N2O. The zero-order chi connectivity index (χ0) is 15.0. The van der Waals surface area contributed by atoms with Gasteiger partial charge in [0.05, 0.1) is 12.3 Å². The number of hydrogen-bond acceptors (Lipinski definition) is 3. The molecule has 0 bridgehead atoms. The first-order valence-corrected chi connectivity index (χ1v) is 6.70. The smallest absolute Gasteiger partial charge is 0.433 e. The average Bonchev–Trinajstić information content (AvgIpc) is 2.45. The highest BCUT2D eigenvalue weighted by Gasteiger charge is 2.34. The van der Waals surface area contributed by atoms with Gasteiger partial charge < -0.3 is 4.74 Å². The van der Waals surface area contributed by atoms with Crippen molar-refractivity contribution in [2.24, 2.45) is 0 Å². The number of rotatable bonds is 1. The molecule has 3 nitrogen and oxygen atoms in total. The van der Waals surface area contributed by atoms with E-state index in [9.17, 15) is 13.2 Å². The molecule has 0 amide bonds. The summed E-state index contributed by atoms with van der Waals surface area (Å²) in [6.45, 7) is 0.537. The summed E-state index contributed by atoms with van der Waals surface area (Å²) < 4.78 is 44.1. The number of hydrogen-bond donors (Lipinski definition) is 0. The Hall–Kier alpha value is -1.82. The van der Waals surface area contributed by atoms with Gasteiger partial charge >= 0.3 is 6.18 Å². The molecule has 0 saturated carbocycles. The van der Waals surface area contributed by atoms with Crippen molar-refractivity contribution < 1.29 is 17.9 Å². The van der Waals surface area contributed by atoms with Crippen molar-refractivity contribution in [3.8, 4) is 17.0 Å². The van der Waals surface area contributed by atoms with E-state index in [4.69, 9.17) is 16.3 Å². The van der Waals surface area contributed by atoms with E-state index in [1.807, 2.05) is 6.07 Å². The highest BCUT2D eigenvalue weighted by Crippen LogP contribution is 2.37. The van der Waals surface area contributed by atoms with Crippen LogP contribution >= 0.6 is 11.6 Å². The normalized spacial score (nSPS) is 14.5. The lowest BCUT2D eigenvalue weighted by atomic mass is 10.0. The molecule has 1 aliphatic rings. The van der Waals surface area contributed by atoms with Gasteiger partial charge in [-0.15, -0.1) is 0 Å². The fraction of sp³-hybridized carbons (Fsp3) is 0.286. The van der Waals surface area contributed by atoms with Crippen LogP contribution in [0.1, 0.15) is 17.7 Å². The Kier molecular flexibility index (Phi) is 3.49. The highest BCUT2D eigenvalue weighted by atomic mass is 35.5. The summed E-state index contributed by atoms with van der Waals surface area (Å²) in [7, 11) is 0. The van der Waals surface area contributed by atoms with Crippen molar-refractivity contribution in [3.05, 3.63) is 40.8 Å². The van der Waals surface area contributed by atoms with E-state index in [-0.39, 0.29) is 5.69 Å². The summed E-state index contributed by atoms with van der Waals surface area (Å²) in [6, 6.07) is 6.22. The molecule has 7 heteroatoms. The largest absolute Gasteiger partial charge is 0.493 e. The molecule has 0 saturated heterocycles. The zero-order valence-electron chi connectivity index (χ0n) is 10.7. The second-order valence-corrected chi connectivity index (χ2v) is 4.99. The first-order valence-electron chi connectivity index (χ1n) is 6.32. The number of alkyl halides is 3. The van der Waals surface area contributed by atoms with Gasteiger partial charge in [-0.05, 0) is 42.1 Å². The van der Waals surface area contributed by atoms with Gasteiger partial charge in [0.1, 0.15) is 11.4 Å². The molecule has 0 atom stereocenters. The van der Waals surface area contributed by atoms with E-state index in [2.05, 4.69) is 9.97 Å². The second-order valence-electron chi connectivity index (χ2n) is 4.65. The summed E-state index contributed by atoms with van der Waals surface area (Å²) in [5.41, 5.74) is 0.510. The SMILES string of the molecule is FC(F)(F)c1cc(-c2cccc3c2OCCC3)nc(Cl)n1. The minimum absolute atomic E-state index is 0.112. The summed E-state index contributed by atoms with van der Waals surface area (Å²) in [6.07, 6.45) is -2.86. The Labute approximate surface area is 123 Å². The standard InChI is InChI=1S/C14H10ClF3N2O/c15-13-19-10(7-11(20-13)14(16,17)18)9-5-1-3-8-4-2-6-21-12(8)9/h1,3,5,7H,2,4,6H2. The number of aromatic nitrogens is 2. The number of fused-ring (bicyclic) bond motifs is 1. The van der Waals surface area contributed by atoms with E-state index >= 15 is 0 Å². The van der Waals surface area contributed by atoms with Crippen LogP contribution < -0.4 is 4.74 Å². The predicted molar refractivity (Wildman–Crippen MR) is 71.3 cm³/mol. The van der Waals surface area contributed by atoms with Gasteiger partial charge in [0.2, 0.25) is 5.28 Å². The summed E-state index contributed by atoms with van der Waals surface area (Å²) in [4.78, 5) is 7.13. The molecule has 3 rings (SSSR count). The third-order valence-corrected chi connectivity index (χ3v) is 3.37. The van der Waals surface area contributed by atoms with Crippen molar-refractivity contribution in [2.45, 2.75) is 19.0 Å². The maximum Gasteiger partial charge on any atom is 0.433 e. The van der Waals surface area contributed by atoms with Crippen molar-refractivity contribution in [1.82, 2.24) is 9.97 Å². The fourth-order valence-corrected chi connectivity index (χ4v) is 2.47. The molecule has 2 heterocycles. The summed E-state index contributed by atoms with van der Waals surface area (Å²) >= 11 is 5.63. The number of halogens is 4. The molecule has 110 valence electrons. The molecule has 0 aliphatic carbocycles. The van der Waals surface area contributed by atoms with Gasteiger partial charge in [0.25, 0.3) is 0 Å². The van der Waals surface area contributed by atoms with Crippen LogP contribution in [0.3, 0.4) is 0 Å². The fourth-order valence-electron chi connectivity index (χ4n) is 2.29. The second kappa shape index (κ2) is 5.18. The first-order chi connectivity index (χ1) is 9.95. The van der Waals surface area contributed by atoms with Crippen LogP contribution in [-0.2, 0) is 12.6 Å². The van der Waals surface area contributed by atoms with Crippen LogP contribution in [0.15, 0.2) is 24.3 Å². The van der Waals surface area contributed by atoms with E-state index in [0.29, 0.717) is 17.9 Å². The average molecular weight is 315 g/mol. The van der Waals surface area contributed by atoms with Gasteiger partial charge in [-0.3, -0.25) is 0 Å². The Balaban J connectivity index is 2.15. The molecule has 2 aromatic rings. The zero-order valence-corrected chi connectivity index (χ0v) is 11.5. The molecule has 1 aliphatic heterocycles. The topological polar surface area (TPSA) is 35.0 Å². The third-order valence-electron chi connectivity index (χ3n) is 3.20. The van der Waals surface area contributed by atoms with Gasteiger partial charge in [-0.1, -0.05) is 12.1 Å². The molecule has 0 unspecified atom stereocenters. The van der Waals surface area contributed by atoms with E-state index < -0.39 is 17.2 Å². The number of aryl methyl sites for hydroxylation is 1. The molecule has 21 heavy (non-hydrogen) atoms. The summed E-state index contributed by atoms with van der Waals surface area (Å²) in [5, 5.41) is -0.437. The van der Waals surface area contributed by atoms with Crippen LogP contribution in [0.25, 0.3) is 11.3 Å². The molecule has 0 spiro atoms. The maximum absolute atomic E-state index is 12.8. The van der Waals surface area contributed by atoms with E-state index in [1.165, 1.54) is 0 Å². The van der Waals surface area contributed by atoms with Crippen LogP contribution in [0, 0.1) is 0 Å². The maximum atomic E-state index is 12.8. The van der Waals surface area contributed by atoms with Gasteiger partial charge in [-0.25, -0.2) is 9.97 Å². The van der Waals surface area contributed by atoms with Crippen molar-refractivity contribution in [1.29, 1.82) is 0 Å². The van der Waals surface area contributed by atoms with Crippen molar-refractivity contribution in [2.75, 3.05) is 6.61 Å². The van der Waals surface area contributed by atoms with E-state index in [0.717, 1.165) is 24.5 Å². The lowest BCUT2D eigenvalue weighted by Crippen LogP contribution is -2.11. The van der Waals surface area contributed by atoms with Crippen LogP contribution in [0.4, 0.5) is 13.2 Å². The third kappa shape index (κ3) is 2.81. The Morgan fingerprint density at radius 1 is 1.19 bits per heavy atom. The quantitative estimate of drug-likeness (QED) is 0.742. The van der Waals surface area contributed by atoms with Crippen LogP contribution in [0.2, 0.25) is 5.28 Å². The number of benzene rings is 1. The first kappa shape index (κ1) is 14.1. The highest BCUT2D eigenvalue weighted by molar-refractivity contribution is 6.28. The Morgan fingerprint density at radius 2 is 2.00 bits per heavy atom. The molecule has 1 aromatic heterocycles. The van der Waals surface area contributed by atoms with Crippen LogP contribution in [0.5, 0.6) is 5.75 Å². The lowest BCUT2D eigenvalue weighted by Gasteiger charge is -2.20. The Bertz CT molecular complexity index is 688. The number of ether oxygens (including phenoxy) is 1. The lowest BCUT2D eigenvalue weighted by molar-refractivity contribution is -0.141. The van der Waals surface area contributed by atoms with Gasteiger partial charge in [-0.2, -0.15) is 13.2 Å². The molecule has 1 aromatic carbocycles. The van der Waals surface area contributed by atoms with E-state index in [1.54, 1.807) is 12.1 Å². The monoisotopic (exact) mass is 314 g/mol. The predicted octanol–water partition coefficient (Wildman–Crippen LogP) is 4.14. The molecular weight excluding hydrogens is 305 g/mol. The molecule has 0 N–H and O–H groups in total. The molecule has 0 fully saturated rings. The number of nitrogens with zero attached hydrogens (tertiary/aromatic N) is 2. The minimum atomic E-state index is -4.57. The van der Waals surface area contributed by atoms with Gasteiger partial charge in [0.15, 0.2) is 0 Å². The Morgan fingerprint density at radius 3 is 2.76 bits per heavy atom. The number of para-hydroxylation sites is 1. The summed E-state index contributed by atoms with van der Waals surface area (Å²) in [5.74, 6) is 0.576.